The smallest absolute Gasteiger partial charge is 1.00 e. The van der Waals surface area contributed by atoms with E-state index in [2.05, 4.69) is 39.9 Å². The molecular formula is C25H27AsClN3O3. The van der Waals surface area contributed by atoms with Crippen LogP contribution in [0.3, 0.4) is 0 Å². The molecule has 0 fully saturated rings. The Morgan fingerprint density at radius 3 is 1.09 bits per heavy atom. The van der Waals surface area contributed by atoms with Gasteiger partial charge < -0.3 is 12.4 Å². The summed E-state index contributed by atoms with van der Waals surface area (Å²) in [6.45, 7) is 4.46. The number of hydrogen-bond donors (Lipinski definition) is 3. The quantitative estimate of drug-likeness (QED) is 0.384. The molecule has 8 heteroatoms. The summed E-state index contributed by atoms with van der Waals surface area (Å²) in [7, 11) is 0. The van der Waals surface area contributed by atoms with Gasteiger partial charge in [-0.05, 0) is 0 Å². The fourth-order valence-electron chi connectivity index (χ4n) is 3.64. The summed E-state index contributed by atoms with van der Waals surface area (Å²) < 4.78 is 3.36. The van der Waals surface area contributed by atoms with E-state index in [0.29, 0.717) is 0 Å². The Morgan fingerprint density at radius 2 is 0.848 bits per heavy atom. The SMILES string of the molecule is CC(=O)Nc1cccc([As+](C)(c2cccc(NC(C)=O)c2)c2cccc(NC(C)=O)c2)c1.[Cl-]. The molecule has 0 aromatic heterocycles. The maximum Gasteiger partial charge on any atom is -1.00 e. The minimum atomic E-state index is -3.04. The number of hydrogen-bond acceptors (Lipinski definition) is 3. The normalized spacial score (nSPS) is 10.5. The number of benzene rings is 3. The maximum atomic E-state index is 11.6. The van der Waals surface area contributed by atoms with E-state index in [1.165, 1.54) is 20.8 Å². The van der Waals surface area contributed by atoms with Crippen LogP contribution in [0.25, 0.3) is 0 Å². The molecule has 0 atom stereocenters. The van der Waals surface area contributed by atoms with E-state index in [4.69, 9.17) is 0 Å². The van der Waals surface area contributed by atoms with Gasteiger partial charge in [0, 0.05) is 0 Å². The van der Waals surface area contributed by atoms with Gasteiger partial charge >= 0.3 is 191 Å². The summed E-state index contributed by atoms with van der Waals surface area (Å²) in [6.07, 6.45) is 0. The van der Waals surface area contributed by atoms with Crippen LogP contribution in [0.5, 0.6) is 0 Å². The number of amides is 3. The average molecular weight is 528 g/mol. The molecule has 6 nitrogen and oxygen atoms in total. The fraction of sp³-hybridized carbons (Fsp3) is 0.160. The molecule has 0 unspecified atom stereocenters. The van der Waals surface area contributed by atoms with Crippen LogP contribution in [-0.2, 0) is 14.4 Å². The van der Waals surface area contributed by atoms with Gasteiger partial charge in [-0.25, -0.2) is 0 Å². The monoisotopic (exact) mass is 527 g/mol. The molecule has 0 saturated heterocycles. The van der Waals surface area contributed by atoms with Gasteiger partial charge in [0.25, 0.3) is 0 Å². The molecule has 33 heavy (non-hydrogen) atoms. The van der Waals surface area contributed by atoms with Gasteiger partial charge in [-0.1, -0.05) is 0 Å². The Bertz CT molecular complexity index is 1040. The van der Waals surface area contributed by atoms with Crippen molar-refractivity contribution < 1.29 is 26.8 Å². The third-order valence-corrected chi connectivity index (χ3v) is 13.3. The van der Waals surface area contributed by atoms with Crippen LogP contribution in [0, 0.1) is 0 Å². The van der Waals surface area contributed by atoms with E-state index in [1.807, 2.05) is 54.6 Å². The van der Waals surface area contributed by atoms with E-state index >= 15 is 0 Å². The molecule has 172 valence electrons. The zero-order chi connectivity index (χ0) is 23.3. The fourth-order valence-corrected chi connectivity index (χ4v) is 10.4. The summed E-state index contributed by atoms with van der Waals surface area (Å²) in [6, 6.07) is 23.7. The van der Waals surface area contributed by atoms with Gasteiger partial charge in [-0.3, -0.25) is 0 Å². The molecule has 3 N–H and O–H groups in total. The van der Waals surface area contributed by atoms with Crippen molar-refractivity contribution in [1.29, 1.82) is 0 Å². The third kappa shape index (κ3) is 6.47. The summed E-state index contributed by atoms with van der Waals surface area (Å²) in [5, 5.41) is 8.61. The Balaban J connectivity index is 0.00000385. The van der Waals surface area contributed by atoms with Crippen LogP contribution in [0.1, 0.15) is 20.8 Å². The van der Waals surface area contributed by atoms with Crippen LogP contribution < -0.4 is 41.4 Å². The molecule has 0 radical (unpaired) electrons. The Kier molecular flexibility index (Phi) is 8.86. The Morgan fingerprint density at radius 1 is 0.576 bits per heavy atom. The van der Waals surface area contributed by atoms with Crippen molar-refractivity contribution in [2.75, 3.05) is 16.0 Å². The number of carbonyl (C=O) groups excluding carboxylic acids is 3. The van der Waals surface area contributed by atoms with Crippen LogP contribution in [0.15, 0.2) is 72.8 Å². The summed E-state index contributed by atoms with van der Waals surface area (Å²) in [5.41, 5.74) is 4.46. The van der Waals surface area contributed by atoms with Crippen molar-refractivity contribution in [1.82, 2.24) is 0 Å². The zero-order valence-corrected chi connectivity index (χ0v) is 21.6. The molecule has 0 aliphatic carbocycles. The molecule has 3 aromatic carbocycles. The molecule has 3 amide bonds. The second-order valence-electron chi connectivity index (χ2n) is 7.70. The Hall–Kier alpha value is -3.08. The third-order valence-electron chi connectivity index (χ3n) is 5.05. The second-order valence-corrected chi connectivity index (χ2v) is 15.2. The molecular weight excluding hydrogens is 501 g/mol. The minimum absolute atomic E-state index is 0. The van der Waals surface area contributed by atoms with E-state index < -0.39 is 13.6 Å². The first-order valence-corrected chi connectivity index (χ1v) is 14.9. The number of halogens is 1. The molecule has 0 aliphatic rings. The van der Waals surface area contributed by atoms with Crippen LogP contribution in [0.2, 0.25) is 5.71 Å². The topological polar surface area (TPSA) is 87.3 Å². The molecule has 3 rings (SSSR count). The van der Waals surface area contributed by atoms with E-state index in [-0.39, 0.29) is 30.1 Å². The Labute approximate surface area is 203 Å². The molecule has 3 aromatic rings. The molecule has 0 aliphatic heterocycles. The standard InChI is InChI=1S/C25H26AsN3O3.ClH/c1-17(30)27-23-11-5-8-20(14-23)26(4,21-9-6-12-24(15-21)28-18(2)31)22-10-7-13-25(16-22)29-19(3)32;/h5-16H,1-4H3,(H2-,27,28,29,30,31,32);1H. The molecule has 0 spiro atoms. The summed E-state index contributed by atoms with van der Waals surface area (Å²) in [4.78, 5) is 34.9. The van der Waals surface area contributed by atoms with E-state index in [9.17, 15) is 14.4 Å². The molecule has 0 heterocycles. The van der Waals surface area contributed by atoms with Crippen LogP contribution in [0.4, 0.5) is 17.1 Å². The van der Waals surface area contributed by atoms with Crippen molar-refractivity contribution in [3.05, 3.63) is 72.8 Å². The predicted molar refractivity (Wildman–Crippen MR) is 133 cm³/mol. The minimum Gasteiger partial charge on any atom is -1.00 e. The van der Waals surface area contributed by atoms with Gasteiger partial charge in [0.15, 0.2) is 0 Å². The molecule has 0 saturated carbocycles. The largest absolute Gasteiger partial charge is 1.00 e. The van der Waals surface area contributed by atoms with Gasteiger partial charge in [0.05, 0.1) is 0 Å². The van der Waals surface area contributed by atoms with Crippen LogP contribution in [-0.4, -0.2) is 31.3 Å². The van der Waals surface area contributed by atoms with Crippen molar-refractivity contribution in [2.45, 2.75) is 26.5 Å². The van der Waals surface area contributed by atoms with Crippen molar-refractivity contribution in [3.8, 4) is 0 Å². The van der Waals surface area contributed by atoms with Crippen molar-refractivity contribution in [2.24, 2.45) is 0 Å². The van der Waals surface area contributed by atoms with E-state index in [0.717, 1.165) is 30.1 Å². The first-order valence-electron chi connectivity index (χ1n) is 10.2. The van der Waals surface area contributed by atoms with Gasteiger partial charge in [-0.15, -0.1) is 0 Å². The van der Waals surface area contributed by atoms with Gasteiger partial charge in [-0.2, -0.15) is 0 Å². The summed E-state index contributed by atoms with van der Waals surface area (Å²) >= 11 is -3.04. The number of rotatable bonds is 6. The van der Waals surface area contributed by atoms with Gasteiger partial charge in [0.2, 0.25) is 0 Å². The van der Waals surface area contributed by atoms with E-state index in [1.54, 1.807) is 0 Å². The second kappa shape index (κ2) is 11.2. The zero-order valence-electron chi connectivity index (χ0n) is 19.0. The predicted octanol–water partition coefficient (Wildman–Crippen LogP) is -0.334. The molecule has 0 bridgehead atoms. The van der Waals surface area contributed by atoms with Crippen molar-refractivity contribution in [3.63, 3.8) is 0 Å². The first-order chi connectivity index (χ1) is 15.2. The maximum absolute atomic E-state index is 11.6. The summed E-state index contributed by atoms with van der Waals surface area (Å²) in [5.74, 6) is -0.389. The van der Waals surface area contributed by atoms with Crippen molar-refractivity contribution >= 4 is 61.4 Å². The number of nitrogens with one attached hydrogen (secondary N) is 3. The average Bonchev–Trinajstić information content (AvgIpc) is 2.72. The number of carbonyl (C=O) groups is 3. The van der Waals surface area contributed by atoms with Crippen LogP contribution >= 0.6 is 0 Å². The van der Waals surface area contributed by atoms with Gasteiger partial charge in [0.1, 0.15) is 0 Å². The number of anilines is 3. The first kappa shape index (κ1) is 26.2.